The van der Waals surface area contributed by atoms with E-state index in [-0.39, 0.29) is 11.7 Å². The minimum absolute atomic E-state index is 0.0356. The van der Waals surface area contributed by atoms with Crippen LogP contribution < -0.4 is 5.32 Å². The zero-order valence-corrected chi connectivity index (χ0v) is 17.0. The number of nitrogens with zero attached hydrogens (tertiary/aromatic N) is 2. The quantitative estimate of drug-likeness (QED) is 0.801. The second kappa shape index (κ2) is 9.17. The molecule has 0 unspecified atom stereocenters. The number of amides is 1. The third kappa shape index (κ3) is 5.77. The predicted octanol–water partition coefficient (Wildman–Crippen LogP) is 1.83. The largest absolute Gasteiger partial charge is 0.352 e. The lowest BCUT2D eigenvalue weighted by Gasteiger charge is -2.34. The van der Waals surface area contributed by atoms with Crippen LogP contribution in [0.2, 0.25) is 0 Å². The topological polar surface area (TPSA) is 69.7 Å². The van der Waals surface area contributed by atoms with Crippen LogP contribution in [-0.4, -0.2) is 62.3 Å². The number of hydrogen-bond acceptors (Lipinski definition) is 4. The highest BCUT2D eigenvalue weighted by molar-refractivity contribution is 7.88. The van der Waals surface area contributed by atoms with Gasteiger partial charge in [0.15, 0.2) is 0 Å². The van der Waals surface area contributed by atoms with Gasteiger partial charge < -0.3 is 5.32 Å². The van der Waals surface area contributed by atoms with Gasteiger partial charge in [-0.2, -0.15) is 4.31 Å². The van der Waals surface area contributed by atoms with E-state index in [0.717, 1.165) is 12.0 Å². The molecular weight excluding hydrogens is 362 g/mol. The molecule has 7 heteroatoms. The van der Waals surface area contributed by atoms with Gasteiger partial charge in [-0.3, -0.25) is 9.69 Å². The van der Waals surface area contributed by atoms with E-state index in [1.807, 2.05) is 30.3 Å². The lowest BCUT2D eigenvalue weighted by Crippen LogP contribution is -2.52. The minimum atomic E-state index is -3.31. The summed E-state index contributed by atoms with van der Waals surface area (Å²) in [7, 11) is -3.31. The molecule has 1 N–H and O–H groups in total. The van der Waals surface area contributed by atoms with Gasteiger partial charge in [-0.15, -0.1) is 0 Å². The molecule has 1 aromatic rings. The summed E-state index contributed by atoms with van der Waals surface area (Å²) < 4.78 is 26.8. The maximum atomic E-state index is 12.6. The van der Waals surface area contributed by atoms with E-state index in [0.29, 0.717) is 44.7 Å². The molecule has 3 rings (SSSR count). The van der Waals surface area contributed by atoms with E-state index in [2.05, 4.69) is 17.1 Å². The smallest absolute Gasteiger partial charge is 0.234 e. The standard InChI is InChI=1S/C20H31N3O3S/c1-17-7-5-6-10-19(17)21-20(24)15-22-11-13-23(14-12-22)27(25,26)16-18-8-3-2-4-9-18/h2-4,8-9,17,19H,5-7,10-16H2,1H3,(H,21,24)/t17-,19+/m0/s1. The van der Waals surface area contributed by atoms with Crippen molar-refractivity contribution in [2.24, 2.45) is 5.92 Å². The fourth-order valence-electron chi connectivity index (χ4n) is 4.03. The highest BCUT2D eigenvalue weighted by atomic mass is 32.2. The van der Waals surface area contributed by atoms with Crippen LogP contribution in [0.3, 0.4) is 0 Å². The van der Waals surface area contributed by atoms with E-state index in [9.17, 15) is 13.2 Å². The molecule has 2 fully saturated rings. The Bertz CT molecular complexity index is 715. The van der Waals surface area contributed by atoms with Crippen LogP contribution >= 0.6 is 0 Å². The highest BCUT2D eigenvalue weighted by Gasteiger charge is 2.29. The molecule has 1 aliphatic heterocycles. The zero-order chi connectivity index (χ0) is 19.3. The Kier molecular flexibility index (Phi) is 6.89. The van der Waals surface area contributed by atoms with E-state index in [4.69, 9.17) is 0 Å². The van der Waals surface area contributed by atoms with Crippen molar-refractivity contribution in [2.75, 3.05) is 32.7 Å². The Labute approximate surface area is 163 Å². The molecule has 1 heterocycles. The van der Waals surface area contributed by atoms with Crippen molar-refractivity contribution >= 4 is 15.9 Å². The summed E-state index contributed by atoms with van der Waals surface area (Å²) in [5.41, 5.74) is 0.806. The van der Waals surface area contributed by atoms with Gasteiger partial charge in [0, 0.05) is 32.2 Å². The van der Waals surface area contributed by atoms with Gasteiger partial charge in [0.2, 0.25) is 15.9 Å². The van der Waals surface area contributed by atoms with Gasteiger partial charge >= 0.3 is 0 Å². The van der Waals surface area contributed by atoms with Crippen molar-refractivity contribution in [3.8, 4) is 0 Å². The molecule has 0 bridgehead atoms. The number of sulfonamides is 1. The monoisotopic (exact) mass is 393 g/mol. The Hall–Kier alpha value is -1.44. The van der Waals surface area contributed by atoms with Gasteiger partial charge in [0.1, 0.15) is 0 Å². The minimum Gasteiger partial charge on any atom is -0.352 e. The van der Waals surface area contributed by atoms with Crippen LogP contribution in [0, 0.1) is 5.92 Å². The Morgan fingerprint density at radius 1 is 1.07 bits per heavy atom. The normalized spacial score (nSPS) is 25.2. The molecule has 0 spiro atoms. The van der Waals surface area contributed by atoms with Gasteiger partial charge in [-0.1, -0.05) is 50.1 Å². The number of nitrogens with one attached hydrogen (secondary N) is 1. The van der Waals surface area contributed by atoms with Crippen molar-refractivity contribution in [3.05, 3.63) is 35.9 Å². The second-order valence-electron chi connectivity index (χ2n) is 7.85. The fraction of sp³-hybridized carbons (Fsp3) is 0.650. The van der Waals surface area contributed by atoms with Gasteiger partial charge in [-0.25, -0.2) is 8.42 Å². The average Bonchev–Trinajstić information content (AvgIpc) is 2.64. The molecule has 1 saturated carbocycles. The Morgan fingerprint density at radius 3 is 2.41 bits per heavy atom. The molecule has 2 aliphatic rings. The summed E-state index contributed by atoms with van der Waals surface area (Å²) >= 11 is 0. The number of rotatable bonds is 6. The molecule has 1 aromatic carbocycles. The third-order valence-electron chi connectivity index (χ3n) is 5.74. The first kappa shape index (κ1) is 20.3. The zero-order valence-electron chi connectivity index (χ0n) is 16.1. The van der Waals surface area contributed by atoms with Crippen molar-refractivity contribution in [3.63, 3.8) is 0 Å². The summed E-state index contributed by atoms with van der Waals surface area (Å²) in [5, 5.41) is 3.18. The predicted molar refractivity (Wildman–Crippen MR) is 107 cm³/mol. The van der Waals surface area contributed by atoms with Crippen LogP contribution in [0.25, 0.3) is 0 Å². The first-order valence-electron chi connectivity index (χ1n) is 9.97. The van der Waals surface area contributed by atoms with Crippen molar-refractivity contribution in [2.45, 2.75) is 44.4 Å². The molecular formula is C20H31N3O3S. The number of benzene rings is 1. The Morgan fingerprint density at radius 2 is 1.74 bits per heavy atom. The molecule has 150 valence electrons. The van der Waals surface area contributed by atoms with Crippen LogP contribution in [0.4, 0.5) is 0 Å². The van der Waals surface area contributed by atoms with E-state index in [1.165, 1.54) is 19.3 Å². The van der Waals surface area contributed by atoms with Gasteiger partial charge in [0.25, 0.3) is 0 Å². The van der Waals surface area contributed by atoms with Crippen LogP contribution in [-0.2, 0) is 20.6 Å². The highest BCUT2D eigenvalue weighted by Crippen LogP contribution is 2.23. The van der Waals surface area contributed by atoms with Crippen LogP contribution in [0.1, 0.15) is 38.2 Å². The second-order valence-corrected chi connectivity index (χ2v) is 9.82. The van der Waals surface area contributed by atoms with E-state index >= 15 is 0 Å². The SMILES string of the molecule is C[C@H]1CCCC[C@H]1NC(=O)CN1CCN(S(=O)(=O)Cc2ccccc2)CC1. The fourth-order valence-corrected chi connectivity index (χ4v) is 5.54. The van der Waals surface area contributed by atoms with E-state index < -0.39 is 10.0 Å². The molecule has 1 saturated heterocycles. The maximum absolute atomic E-state index is 12.6. The van der Waals surface area contributed by atoms with Crippen molar-refractivity contribution < 1.29 is 13.2 Å². The maximum Gasteiger partial charge on any atom is 0.234 e. The number of hydrogen-bond donors (Lipinski definition) is 1. The lowest BCUT2D eigenvalue weighted by atomic mass is 9.86. The summed E-state index contributed by atoms with van der Waals surface area (Å²) in [4.78, 5) is 14.4. The number of carbonyl (C=O) groups excluding carboxylic acids is 1. The van der Waals surface area contributed by atoms with Gasteiger partial charge in [-0.05, 0) is 24.3 Å². The first-order chi connectivity index (χ1) is 12.9. The summed E-state index contributed by atoms with van der Waals surface area (Å²) in [6, 6.07) is 9.56. The van der Waals surface area contributed by atoms with Crippen LogP contribution in [0.5, 0.6) is 0 Å². The molecule has 1 aliphatic carbocycles. The molecule has 27 heavy (non-hydrogen) atoms. The Balaban J connectivity index is 1.45. The molecule has 0 radical (unpaired) electrons. The van der Waals surface area contributed by atoms with Crippen LogP contribution in [0.15, 0.2) is 30.3 Å². The summed E-state index contributed by atoms with van der Waals surface area (Å²) in [6.07, 6.45) is 4.70. The average molecular weight is 394 g/mol. The summed E-state index contributed by atoms with van der Waals surface area (Å²) in [5.74, 6) is 0.644. The van der Waals surface area contributed by atoms with Crippen molar-refractivity contribution in [1.82, 2.24) is 14.5 Å². The molecule has 6 nitrogen and oxygen atoms in total. The number of piperazine rings is 1. The van der Waals surface area contributed by atoms with Gasteiger partial charge in [0.05, 0.1) is 12.3 Å². The summed E-state index contributed by atoms with van der Waals surface area (Å²) in [6.45, 7) is 4.66. The van der Waals surface area contributed by atoms with Crippen molar-refractivity contribution in [1.29, 1.82) is 0 Å². The molecule has 2 atom stereocenters. The van der Waals surface area contributed by atoms with E-state index in [1.54, 1.807) is 4.31 Å². The third-order valence-corrected chi connectivity index (χ3v) is 7.59. The molecule has 1 amide bonds. The molecule has 0 aromatic heterocycles. The first-order valence-corrected chi connectivity index (χ1v) is 11.6. The number of carbonyl (C=O) groups is 1. The lowest BCUT2D eigenvalue weighted by molar-refractivity contribution is -0.123.